The van der Waals surface area contributed by atoms with Gasteiger partial charge in [0, 0.05) is 41.1 Å². The highest BCUT2D eigenvalue weighted by Gasteiger charge is 2.42. The molecule has 2 aliphatic heterocycles. The smallest absolute Gasteiger partial charge is 0.263 e. The highest BCUT2D eigenvalue weighted by Crippen LogP contribution is 2.38. The minimum Gasteiger partial charge on any atom is -0.349 e. The van der Waals surface area contributed by atoms with Gasteiger partial charge in [-0.25, -0.2) is 0 Å². The first kappa shape index (κ1) is 12.4. The summed E-state index contributed by atoms with van der Waals surface area (Å²) in [6, 6.07) is 10.8. The van der Waals surface area contributed by atoms with Crippen LogP contribution in [0.4, 0.5) is 0 Å². The van der Waals surface area contributed by atoms with E-state index in [0.717, 1.165) is 19.4 Å². The van der Waals surface area contributed by atoms with Gasteiger partial charge in [0.1, 0.15) is 5.52 Å². The van der Waals surface area contributed by atoms with Crippen LogP contribution in [0.2, 0.25) is 0 Å². The number of nitrogens with one attached hydrogen (secondary N) is 1. The topological polar surface area (TPSA) is 28.9 Å². The first-order valence-corrected chi connectivity index (χ1v) is 8.03. The van der Waals surface area contributed by atoms with Gasteiger partial charge in [-0.1, -0.05) is 24.3 Å². The highest BCUT2D eigenvalue weighted by molar-refractivity contribution is 6.07. The Labute approximate surface area is 129 Å². The van der Waals surface area contributed by atoms with Crippen molar-refractivity contribution in [3.63, 3.8) is 0 Å². The summed E-state index contributed by atoms with van der Waals surface area (Å²) in [6.45, 7) is 4.79. The zero-order valence-electron chi connectivity index (χ0n) is 12.5. The van der Waals surface area contributed by atoms with E-state index in [1.807, 2.05) is 0 Å². The number of rotatable bonds is 1. The third-order valence-electron chi connectivity index (χ3n) is 5.41. The molecule has 3 aromatic rings. The lowest BCUT2D eigenvalue weighted by Crippen LogP contribution is -2.53. The summed E-state index contributed by atoms with van der Waals surface area (Å²) in [4.78, 5) is 3.63. The van der Waals surface area contributed by atoms with Crippen molar-refractivity contribution in [1.29, 1.82) is 0 Å². The standard InChI is InChI=1S/C19H18N2O/c1-2-12-11-22-18-10-13(12)9-17-19-15(7-8-21(17)18)14-5-3-4-6-16(14)20-19/h2-8,12-13,18H,1,9-11H2/p+1/t12-,13+,18+/m0/s1. The Balaban J connectivity index is 1.77. The molecule has 1 aromatic carbocycles. The molecule has 0 radical (unpaired) electrons. The van der Waals surface area contributed by atoms with E-state index in [2.05, 4.69) is 58.7 Å². The van der Waals surface area contributed by atoms with Gasteiger partial charge in [0.25, 0.3) is 6.23 Å². The summed E-state index contributed by atoms with van der Waals surface area (Å²) >= 11 is 0. The van der Waals surface area contributed by atoms with Crippen LogP contribution < -0.4 is 4.57 Å². The van der Waals surface area contributed by atoms with E-state index in [-0.39, 0.29) is 6.23 Å². The molecule has 2 bridgehead atoms. The maximum atomic E-state index is 6.08. The zero-order chi connectivity index (χ0) is 14.7. The first-order valence-electron chi connectivity index (χ1n) is 8.03. The molecule has 5 rings (SSSR count). The minimum atomic E-state index is 0.181. The monoisotopic (exact) mass is 291 g/mol. The SMILES string of the molecule is C=C[C@H]1CO[C@@H]2C[C@H]1Cc1c3[nH]c4ccccc4c3cc[n+]12. The molecule has 3 heteroatoms. The summed E-state index contributed by atoms with van der Waals surface area (Å²) in [5.74, 6) is 1.12. The van der Waals surface area contributed by atoms with Crippen molar-refractivity contribution in [3.05, 3.63) is 54.9 Å². The van der Waals surface area contributed by atoms with Gasteiger partial charge in [-0.15, -0.1) is 6.58 Å². The molecule has 0 aliphatic carbocycles. The molecule has 4 heterocycles. The lowest BCUT2D eigenvalue weighted by molar-refractivity contribution is -0.778. The van der Waals surface area contributed by atoms with Crippen LogP contribution in [-0.4, -0.2) is 11.6 Å². The number of fused-ring (bicyclic) bond motifs is 8. The van der Waals surface area contributed by atoms with E-state index >= 15 is 0 Å². The quantitative estimate of drug-likeness (QED) is 0.539. The summed E-state index contributed by atoms with van der Waals surface area (Å²) in [6.07, 6.45) is 6.65. The van der Waals surface area contributed by atoms with E-state index in [9.17, 15) is 0 Å². The normalized spacial score (nSPS) is 27.0. The van der Waals surface area contributed by atoms with E-state index < -0.39 is 0 Å². The molecule has 1 N–H and O–H groups in total. The third-order valence-corrected chi connectivity index (χ3v) is 5.41. The lowest BCUT2D eigenvalue weighted by atomic mass is 9.81. The second-order valence-electron chi connectivity index (χ2n) is 6.52. The van der Waals surface area contributed by atoms with Crippen molar-refractivity contribution in [3.8, 4) is 0 Å². The van der Waals surface area contributed by atoms with Crippen molar-refractivity contribution in [1.82, 2.24) is 4.98 Å². The molecule has 1 fully saturated rings. The number of nitrogens with zero attached hydrogens (tertiary/aromatic N) is 1. The number of ether oxygens (including phenoxy) is 1. The van der Waals surface area contributed by atoms with Crippen LogP contribution in [0.3, 0.4) is 0 Å². The summed E-state index contributed by atoms with van der Waals surface area (Å²) < 4.78 is 8.41. The lowest BCUT2D eigenvalue weighted by Gasteiger charge is -2.35. The van der Waals surface area contributed by atoms with Gasteiger partial charge in [0.05, 0.1) is 6.61 Å². The van der Waals surface area contributed by atoms with Crippen LogP contribution in [0.15, 0.2) is 49.2 Å². The fourth-order valence-electron chi connectivity index (χ4n) is 4.21. The second kappa shape index (κ2) is 4.43. The van der Waals surface area contributed by atoms with Crippen molar-refractivity contribution in [2.24, 2.45) is 11.8 Å². The van der Waals surface area contributed by atoms with Crippen LogP contribution in [0.5, 0.6) is 0 Å². The van der Waals surface area contributed by atoms with Crippen LogP contribution in [-0.2, 0) is 11.2 Å². The molecular weight excluding hydrogens is 272 g/mol. The van der Waals surface area contributed by atoms with Crippen molar-refractivity contribution in [2.75, 3.05) is 6.61 Å². The highest BCUT2D eigenvalue weighted by atomic mass is 16.5. The Bertz CT molecular complexity index is 895. The fourth-order valence-corrected chi connectivity index (χ4v) is 4.21. The predicted octanol–water partition coefficient (Wildman–Crippen LogP) is 3.50. The van der Waals surface area contributed by atoms with Gasteiger partial charge >= 0.3 is 0 Å². The Morgan fingerprint density at radius 3 is 3.05 bits per heavy atom. The van der Waals surface area contributed by atoms with E-state index in [4.69, 9.17) is 4.74 Å². The van der Waals surface area contributed by atoms with Gasteiger partial charge in [-0.05, 0) is 12.0 Å². The summed E-state index contributed by atoms with van der Waals surface area (Å²) in [5, 5.41) is 2.62. The molecule has 22 heavy (non-hydrogen) atoms. The molecule has 0 saturated carbocycles. The zero-order valence-corrected chi connectivity index (χ0v) is 12.5. The van der Waals surface area contributed by atoms with Gasteiger partial charge in [-0.2, -0.15) is 4.57 Å². The van der Waals surface area contributed by atoms with Gasteiger partial charge < -0.3 is 9.72 Å². The minimum absolute atomic E-state index is 0.181. The number of aromatic amines is 1. The summed E-state index contributed by atoms with van der Waals surface area (Å²) in [5.41, 5.74) is 3.86. The maximum Gasteiger partial charge on any atom is 0.263 e. The van der Waals surface area contributed by atoms with E-state index in [1.165, 1.54) is 27.5 Å². The Morgan fingerprint density at radius 1 is 1.23 bits per heavy atom. The average Bonchev–Trinajstić information content (AvgIpc) is 2.94. The molecule has 0 unspecified atom stereocenters. The van der Waals surface area contributed by atoms with Crippen molar-refractivity contribution < 1.29 is 9.30 Å². The molecular formula is C19H19N2O+. The average molecular weight is 291 g/mol. The first-order chi connectivity index (χ1) is 10.8. The van der Waals surface area contributed by atoms with E-state index in [0.29, 0.717) is 11.8 Å². The number of H-pyrrole nitrogens is 1. The number of hydrogen-bond acceptors (Lipinski definition) is 1. The van der Waals surface area contributed by atoms with Crippen molar-refractivity contribution >= 4 is 21.8 Å². The molecule has 0 amide bonds. The van der Waals surface area contributed by atoms with Gasteiger partial charge in [0.2, 0.25) is 5.69 Å². The third kappa shape index (κ3) is 1.57. The largest absolute Gasteiger partial charge is 0.349 e. The second-order valence-corrected chi connectivity index (χ2v) is 6.52. The molecule has 2 aliphatic rings. The van der Waals surface area contributed by atoms with Crippen LogP contribution in [0, 0.1) is 11.8 Å². The molecule has 3 atom stereocenters. The number of pyridine rings is 1. The van der Waals surface area contributed by atoms with Crippen LogP contribution >= 0.6 is 0 Å². The van der Waals surface area contributed by atoms with Crippen LogP contribution in [0.1, 0.15) is 18.3 Å². The molecule has 3 nitrogen and oxygen atoms in total. The van der Waals surface area contributed by atoms with Gasteiger partial charge in [0.15, 0.2) is 6.20 Å². The predicted molar refractivity (Wildman–Crippen MR) is 86.5 cm³/mol. The number of benzene rings is 1. The fraction of sp³-hybridized carbons (Fsp3) is 0.316. The van der Waals surface area contributed by atoms with Crippen molar-refractivity contribution in [2.45, 2.75) is 19.1 Å². The number of hydrogen-bond donors (Lipinski definition) is 1. The molecule has 2 aromatic heterocycles. The molecule has 0 spiro atoms. The molecule has 110 valence electrons. The van der Waals surface area contributed by atoms with Gasteiger partial charge in [-0.3, -0.25) is 0 Å². The molecule has 1 saturated heterocycles. The summed E-state index contributed by atoms with van der Waals surface area (Å²) in [7, 11) is 0. The van der Waals surface area contributed by atoms with E-state index in [1.54, 1.807) is 0 Å². The number of aromatic nitrogens is 2. The maximum absolute atomic E-state index is 6.08. The Morgan fingerprint density at radius 2 is 2.14 bits per heavy atom. The Kier molecular flexibility index (Phi) is 2.50. The Hall–Kier alpha value is -2.13. The van der Waals surface area contributed by atoms with Crippen LogP contribution in [0.25, 0.3) is 21.8 Å². The number of para-hydroxylation sites is 1.